The van der Waals surface area contributed by atoms with Crippen molar-refractivity contribution >= 4 is 17.9 Å². The summed E-state index contributed by atoms with van der Waals surface area (Å²) in [4.78, 5) is 38.1. The smallest absolute Gasteiger partial charge is 0.306 e. The third-order valence-electron chi connectivity index (χ3n) is 11.4. The van der Waals surface area contributed by atoms with Crippen LogP contribution in [0.5, 0.6) is 0 Å². The number of carbonyl (C=O) groups is 3. The maximum atomic E-state index is 12.8. The molecular formula is C61H100O6. The average Bonchev–Trinajstić information content (AvgIpc) is 3.33. The molecule has 0 aliphatic carbocycles. The largest absolute Gasteiger partial charge is 0.462 e. The molecule has 0 heterocycles. The Balaban J connectivity index is 4.49. The topological polar surface area (TPSA) is 78.9 Å². The molecule has 0 aliphatic heterocycles. The molecule has 6 heteroatoms. The molecule has 0 bridgehead atoms. The minimum Gasteiger partial charge on any atom is -0.462 e. The highest BCUT2D eigenvalue weighted by Gasteiger charge is 2.19. The molecule has 0 saturated carbocycles. The van der Waals surface area contributed by atoms with Crippen LogP contribution in [0.25, 0.3) is 0 Å². The normalized spacial score (nSPS) is 12.9. The van der Waals surface area contributed by atoms with Gasteiger partial charge in [0.25, 0.3) is 0 Å². The Hall–Kier alpha value is -3.93. The molecule has 0 radical (unpaired) electrons. The molecule has 6 nitrogen and oxygen atoms in total. The summed E-state index contributed by atoms with van der Waals surface area (Å²) in [6.07, 6.45) is 73.5. The van der Waals surface area contributed by atoms with E-state index >= 15 is 0 Å². The van der Waals surface area contributed by atoms with Crippen LogP contribution < -0.4 is 0 Å². The second kappa shape index (κ2) is 54.7. The Morgan fingerprint density at radius 2 is 0.627 bits per heavy atom. The SMILES string of the molecule is CC\C=C/C=C\C=C/CCCCCCCCCC(=O)OCC(COC(=O)CCCCCCC\C=C/C=C\C=C/C=C\C=C/CCC)OC(=O)CCCCCCC/C=C\CCCCCCCCC. The first kappa shape index (κ1) is 63.1. The van der Waals surface area contributed by atoms with Gasteiger partial charge >= 0.3 is 17.9 Å². The van der Waals surface area contributed by atoms with Crippen LogP contribution in [0.1, 0.15) is 239 Å². The van der Waals surface area contributed by atoms with Gasteiger partial charge in [0.15, 0.2) is 6.10 Å². The van der Waals surface area contributed by atoms with Crippen molar-refractivity contribution in [3.63, 3.8) is 0 Å². The lowest BCUT2D eigenvalue weighted by Crippen LogP contribution is -2.30. The zero-order valence-electron chi connectivity index (χ0n) is 43.4. The number of allylic oxidation sites excluding steroid dienone is 18. The van der Waals surface area contributed by atoms with Crippen molar-refractivity contribution in [3.8, 4) is 0 Å². The lowest BCUT2D eigenvalue weighted by Gasteiger charge is -2.18. The molecule has 0 saturated heterocycles. The van der Waals surface area contributed by atoms with E-state index in [2.05, 4.69) is 106 Å². The standard InChI is InChI=1S/C61H100O6/c1-4-7-10-13-16-19-22-25-28-30-31-34-36-39-42-45-48-51-54-60(63)66-57-58(56-65-59(62)53-50-47-44-41-38-35-32-27-24-21-18-15-12-9-6-3)67-61(64)55-52-49-46-43-40-37-33-29-26-23-20-17-14-11-8-5-2/h9-10,12-13,15-16,18-19,21-22,24-25,28-31,33-34,58H,4-8,11,14,17,20,23,26-27,32,35-57H2,1-3H3/b12-9-,13-10-,18-15-,19-16-,24-21-,25-22-,30-28-,33-29-,34-31-. The Morgan fingerprint density at radius 3 is 1.01 bits per heavy atom. The number of ether oxygens (including phenoxy) is 3. The lowest BCUT2D eigenvalue weighted by molar-refractivity contribution is -0.167. The van der Waals surface area contributed by atoms with Crippen molar-refractivity contribution in [3.05, 3.63) is 109 Å². The molecule has 67 heavy (non-hydrogen) atoms. The van der Waals surface area contributed by atoms with Gasteiger partial charge in [-0.15, -0.1) is 0 Å². The second-order valence-electron chi connectivity index (χ2n) is 17.9. The van der Waals surface area contributed by atoms with Crippen molar-refractivity contribution in [2.24, 2.45) is 0 Å². The van der Waals surface area contributed by atoms with Crippen LogP contribution in [0.15, 0.2) is 109 Å². The van der Waals surface area contributed by atoms with Gasteiger partial charge in [-0.3, -0.25) is 14.4 Å². The Morgan fingerprint density at radius 1 is 0.313 bits per heavy atom. The molecule has 0 aromatic carbocycles. The molecule has 0 amide bonds. The monoisotopic (exact) mass is 929 g/mol. The number of esters is 3. The molecule has 0 rings (SSSR count). The number of carbonyl (C=O) groups excluding carboxylic acids is 3. The molecule has 0 aromatic heterocycles. The first-order valence-corrected chi connectivity index (χ1v) is 27.5. The van der Waals surface area contributed by atoms with Gasteiger partial charge in [0, 0.05) is 19.3 Å². The summed E-state index contributed by atoms with van der Waals surface area (Å²) in [7, 11) is 0. The maximum absolute atomic E-state index is 12.8. The predicted octanol–water partition coefficient (Wildman–Crippen LogP) is 18.3. The van der Waals surface area contributed by atoms with Gasteiger partial charge < -0.3 is 14.2 Å². The van der Waals surface area contributed by atoms with E-state index in [0.717, 1.165) is 109 Å². The highest BCUT2D eigenvalue weighted by Crippen LogP contribution is 2.14. The molecule has 380 valence electrons. The van der Waals surface area contributed by atoms with Crippen molar-refractivity contribution in [1.29, 1.82) is 0 Å². The van der Waals surface area contributed by atoms with Crippen molar-refractivity contribution < 1.29 is 28.6 Å². The summed E-state index contributed by atoms with van der Waals surface area (Å²) in [6.45, 7) is 6.38. The number of rotatable bonds is 48. The van der Waals surface area contributed by atoms with Gasteiger partial charge in [0.1, 0.15) is 13.2 Å². The fraction of sp³-hybridized carbons (Fsp3) is 0.656. The minimum atomic E-state index is -0.800. The molecule has 0 spiro atoms. The highest BCUT2D eigenvalue weighted by molar-refractivity contribution is 5.71. The van der Waals surface area contributed by atoms with E-state index in [1.807, 2.05) is 24.3 Å². The van der Waals surface area contributed by atoms with Gasteiger partial charge in [-0.1, -0.05) is 246 Å². The van der Waals surface area contributed by atoms with Crippen LogP contribution in [0.3, 0.4) is 0 Å². The van der Waals surface area contributed by atoms with Gasteiger partial charge in [-0.2, -0.15) is 0 Å². The lowest BCUT2D eigenvalue weighted by atomic mass is 10.1. The van der Waals surface area contributed by atoms with E-state index in [9.17, 15) is 14.4 Å². The van der Waals surface area contributed by atoms with Crippen LogP contribution >= 0.6 is 0 Å². The first-order chi connectivity index (χ1) is 33.0. The van der Waals surface area contributed by atoms with E-state index in [0.29, 0.717) is 19.3 Å². The summed E-state index contributed by atoms with van der Waals surface area (Å²) >= 11 is 0. The molecule has 0 fully saturated rings. The zero-order valence-corrected chi connectivity index (χ0v) is 43.4. The number of hydrogen-bond donors (Lipinski definition) is 0. The fourth-order valence-electron chi connectivity index (χ4n) is 7.29. The fourth-order valence-corrected chi connectivity index (χ4v) is 7.29. The quantitative estimate of drug-likeness (QED) is 0.0199. The Bertz CT molecular complexity index is 1390. The van der Waals surface area contributed by atoms with Crippen LogP contribution in [-0.4, -0.2) is 37.2 Å². The minimum absolute atomic E-state index is 0.0979. The highest BCUT2D eigenvalue weighted by atomic mass is 16.6. The number of unbranched alkanes of at least 4 members (excludes halogenated alkanes) is 25. The van der Waals surface area contributed by atoms with Gasteiger partial charge in [0.2, 0.25) is 0 Å². The Labute approximate surface area is 412 Å². The van der Waals surface area contributed by atoms with Crippen LogP contribution in [0, 0.1) is 0 Å². The molecule has 0 N–H and O–H groups in total. The molecule has 0 aromatic rings. The molecule has 0 aliphatic rings. The summed E-state index contributed by atoms with van der Waals surface area (Å²) in [5, 5.41) is 0. The van der Waals surface area contributed by atoms with Gasteiger partial charge in [-0.05, 0) is 83.5 Å². The third-order valence-corrected chi connectivity index (χ3v) is 11.4. The van der Waals surface area contributed by atoms with E-state index in [1.165, 1.54) is 89.9 Å². The first-order valence-electron chi connectivity index (χ1n) is 27.5. The van der Waals surface area contributed by atoms with E-state index in [1.54, 1.807) is 0 Å². The molecule has 1 unspecified atom stereocenters. The molecular weight excluding hydrogens is 829 g/mol. The van der Waals surface area contributed by atoms with Gasteiger partial charge in [-0.25, -0.2) is 0 Å². The van der Waals surface area contributed by atoms with Crippen LogP contribution in [0.2, 0.25) is 0 Å². The Kier molecular flexibility index (Phi) is 51.5. The van der Waals surface area contributed by atoms with E-state index in [4.69, 9.17) is 14.2 Å². The summed E-state index contributed by atoms with van der Waals surface area (Å²) in [6, 6.07) is 0. The second-order valence-corrected chi connectivity index (χ2v) is 17.9. The van der Waals surface area contributed by atoms with Crippen molar-refractivity contribution in [2.45, 2.75) is 245 Å². The van der Waals surface area contributed by atoms with Gasteiger partial charge in [0.05, 0.1) is 0 Å². The van der Waals surface area contributed by atoms with Crippen molar-refractivity contribution in [1.82, 2.24) is 0 Å². The van der Waals surface area contributed by atoms with Crippen molar-refractivity contribution in [2.75, 3.05) is 13.2 Å². The molecule has 1 atom stereocenters. The summed E-state index contributed by atoms with van der Waals surface area (Å²) in [5.74, 6) is -0.944. The zero-order chi connectivity index (χ0) is 48.6. The van der Waals surface area contributed by atoms with E-state index in [-0.39, 0.29) is 31.1 Å². The summed E-state index contributed by atoms with van der Waals surface area (Å²) in [5.41, 5.74) is 0. The number of hydrogen-bond acceptors (Lipinski definition) is 6. The maximum Gasteiger partial charge on any atom is 0.306 e. The average molecular weight is 929 g/mol. The third kappa shape index (κ3) is 52.9. The summed E-state index contributed by atoms with van der Waals surface area (Å²) < 4.78 is 16.8. The predicted molar refractivity (Wildman–Crippen MR) is 288 cm³/mol. The van der Waals surface area contributed by atoms with E-state index < -0.39 is 6.10 Å². The van der Waals surface area contributed by atoms with Crippen LogP contribution in [-0.2, 0) is 28.6 Å². The van der Waals surface area contributed by atoms with Crippen LogP contribution in [0.4, 0.5) is 0 Å².